The van der Waals surface area contributed by atoms with Crippen LogP contribution in [-0.2, 0) is 5.41 Å². The summed E-state index contributed by atoms with van der Waals surface area (Å²) >= 11 is 1.82. The van der Waals surface area contributed by atoms with E-state index in [0.29, 0.717) is 5.56 Å². The van der Waals surface area contributed by atoms with Crippen LogP contribution in [0.25, 0.3) is 75.5 Å². The topological polar surface area (TPSA) is 40.2 Å². The molecule has 3 nitrogen and oxygen atoms in total. The molecule has 0 radical (unpaired) electrons. The van der Waals surface area contributed by atoms with E-state index in [1.165, 1.54) is 53.6 Å². The third-order valence-electron chi connectivity index (χ3n) is 13.6. The van der Waals surface area contributed by atoms with Gasteiger partial charge in [0.1, 0.15) is 11.2 Å². The molecular formula is C62H38N2OS. The van der Waals surface area contributed by atoms with Crippen molar-refractivity contribution in [3.05, 3.63) is 258 Å². The Morgan fingerprint density at radius 1 is 0.424 bits per heavy atom. The van der Waals surface area contributed by atoms with E-state index in [0.717, 1.165) is 61.3 Å². The Balaban J connectivity index is 1.11. The first-order chi connectivity index (χ1) is 32.7. The Morgan fingerprint density at radius 3 is 1.89 bits per heavy atom. The van der Waals surface area contributed by atoms with Gasteiger partial charge < -0.3 is 9.32 Å². The average molecular weight is 859 g/mol. The predicted molar refractivity (Wildman–Crippen MR) is 274 cm³/mol. The second-order valence-electron chi connectivity index (χ2n) is 17.1. The first-order valence-electron chi connectivity index (χ1n) is 22.3. The summed E-state index contributed by atoms with van der Waals surface area (Å²) in [6.45, 7) is 0. The zero-order chi connectivity index (χ0) is 43.8. The van der Waals surface area contributed by atoms with E-state index in [2.05, 4.69) is 211 Å². The molecule has 2 heterocycles. The molecular weight excluding hydrogens is 821 g/mol. The zero-order valence-electron chi connectivity index (χ0n) is 35.7. The smallest absolute Gasteiger partial charge is 0.137 e. The molecule has 0 bridgehead atoms. The lowest BCUT2D eigenvalue weighted by molar-refractivity contribution is 0.669. The zero-order valence-corrected chi connectivity index (χ0v) is 36.5. The number of hydrogen-bond donors (Lipinski definition) is 0. The van der Waals surface area contributed by atoms with Crippen LogP contribution in [-0.4, -0.2) is 0 Å². The maximum absolute atomic E-state index is 10.1. The van der Waals surface area contributed by atoms with Gasteiger partial charge in [-0.1, -0.05) is 164 Å². The van der Waals surface area contributed by atoms with Gasteiger partial charge in [-0.3, -0.25) is 0 Å². The summed E-state index contributed by atoms with van der Waals surface area (Å²) in [4.78, 5) is 2.41. The van der Waals surface area contributed by atoms with Crippen molar-refractivity contribution >= 4 is 70.5 Å². The number of furan rings is 1. The predicted octanol–water partition coefficient (Wildman–Crippen LogP) is 17.0. The molecule has 4 heteroatoms. The number of para-hydroxylation sites is 1. The van der Waals surface area contributed by atoms with Gasteiger partial charge in [-0.05, 0) is 111 Å². The van der Waals surface area contributed by atoms with Gasteiger partial charge in [0.2, 0.25) is 0 Å². The minimum absolute atomic E-state index is 0.526. The number of benzene rings is 10. The number of nitriles is 1. The van der Waals surface area contributed by atoms with Gasteiger partial charge in [-0.2, -0.15) is 5.26 Å². The van der Waals surface area contributed by atoms with Crippen molar-refractivity contribution in [2.75, 3.05) is 4.90 Å². The molecule has 0 saturated carbocycles. The van der Waals surface area contributed by atoms with Crippen LogP contribution in [0, 0.1) is 11.3 Å². The summed E-state index contributed by atoms with van der Waals surface area (Å²) < 4.78 is 9.11. The number of anilines is 3. The highest BCUT2D eigenvalue weighted by Gasteiger charge is 2.46. The van der Waals surface area contributed by atoms with Crippen molar-refractivity contribution < 1.29 is 4.42 Å². The lowest BCUT2D eigenvalue weighted by Gasteiger charge is -2.34. The molecule has 0 N–H and O–H groups in total. The molecule has 1 aliphatic rings. The molecule has 10 aromatic carbocycles. The largest absolute Gasteiger partial charge is 0.456 e. The lowest BCUT2D eigenvalue weighted by Crippen LogP contribution is -2.28. The highest BCUT2D eigenvalue weighted by atomic mass is 32.1. The minimum Gasteiger partial charge on any atom is -0.456 e. The van der Waals surface area contributed by atoms with Crippen LogP contribution in [0.15, 0.2) is 235 Å². The van der Waals surface area contributed by atoms with Crippen molar-refractivity contribution in [2.24, 2.45) is 0 Å². The Hall–Kier alpha value is -8.49. The highest BCUT2D eigenvalue weighted by molar-refractivity contribution is 7.25. The lowest BCUT2D eigenvalue weighted by atomic mass is 9.68. The fourth-order valence-corrected chi connectivity index (χ4v) is 11.9. The molecule has 0 aliphatic heterocycles. The fourth-order valence-electron chi connectivity index (χ4n) is 10.8. The molecule has 1 aliphatic carbocycles. The fraction of sp³-hybridized carbons (Fsp3) is 0.0161. The summed E-state index contributed by atoms with van der Waals surface area (Å²) in [5.41, 5.74) is 16.3. The molecule has 12 aromatic rings. The van der Waals surface area contributed by atoms with Crippen LogP contribution >= 0.6 is 11.3 Å². The maximum Gasteiger partial charge on any atom is 0.137 e. The van der Waals surface area contributed by atoms with E-state index in [-0.39, 0.29) is 0 Å². The first-order valence-corrected chi connectivity index (χ1v) is 23.1. The average Bonchev–Trinajstić information content (AvgIpc) is 4.04. The summed E-state index contributed by atoms with van der Waals surface area (Å²) in [6, 6.07) is 85.3. The van der Waals surface area contributed by atoms with Crippen LogP contribution in [0.5, 0.6) is 0 Å². The number of rotatable bonds is 7. The highest BCUT2D eigenvalue weighted by Crippen LogP contribution is 2.58. The third-order valence-corrected chi connectivity index (χ3v) is 14.7. The van der Waals surface area contributed by atoms with Crippen molar-refractivity contribution in [3.63, 3.8) is 0 Å². The number of thiophene rings is 1. The molecule has 0 atom stereocenters. The Labute approximate surface area is 386 Å². The van der Waals surface area contributed by atoms with Gasteiger partial charge in [0.05, 0.1) is 22.7 Å². The Kier molecular flexibility index (Phi) is 8.68. The molecule has 0 spiro atoms. The number of fused-ring (bicyclic) bond motifs is 9. The maximum atomic E-state index is 10.1. The molecule has 66 heavy (non-hydrogen) atoms. The van der Waals surface area contributed by atoms with E-state index >= 15 is 0 Å². The van der Waals surface area contributed by atoms with E-state index in [4.69, 9.17) is 4.42 Å². The van der Waals surface area contributed by atoms with Gasteiger partial charge in [0, 0.05) is 53.9 Å². The van der Waals surface area contributed by atoms with Gasteiger partial charge >= 0.3 is 0 Å². The second-order valence-corrected chi connectivity index (χ2v) is 18.2. The van der Waals surface area contributed by atoms with Gasteiger partial charge in [0.15, 0.2) is 0 Å². The van der Waals surface area contributed by atoms with E-state index in [9.17, 15) is 5.26 Å². The molecule has 13 rings (SSSR count). The monoisotopic (exact) mass is 858 g/mol. The normalized spacial score (nSPS) is 12.7. The van der Waals surface area contributed by atoms with Crippen molar-refractivity contribution in [1.82, 2.24) is 0 Å². The molecule has 0 saturated heterocycles. The van der Waals surface area contributed by atoms with Crippen LogP contribution in [0.2, 0.25) is 0 Å². The minimum atomic E-state index is -0.526. The molecule has 0 amide bonds. The van der Waals surface area contributed by atoms with Gasteiger partial charge in [0.25, 0.3) is 0 Å². The second kappa shape index (κ2) is 15.1. The van der Waals surface area contributed by atoms with Crippen LogP contribution in [0.4, 0.5) is 17.1 Å². The number of hydrogen-bond acceptors (Lipinski definition) is 4. The molecule has 308 valence electrons. The van der Waals surface area contributed by atoms with E-state index < -0.39 is 5.41 Å². The van der Waals surface area contributed by atoms with Gasteiger partial charge in [-0.25, -0.2) is 0 Å². The molecule has 0 unspecified atom stereocenters. The quantitative estimate of drug-likeness (QED) is 0.160. The van der Waals surface area contributed by atoms with Crippen molar-refractivity contribution in [1.29, 1.82) is 5.26 Å². The summed E-state index contributed by atoms with van der Waals surface area (Å²) in [6.07, 6.45) is 0. The van der Waals surface area contributed by atoms with Crippen LogP contribution in [0.1, 0.15) is 27.8 Å². The molecule has 0 fully saturated rings. The third kappa shape index (κ3) is 5.74. The van der Waals surface area contributed by atoms with E-state index in [1.807, 2.05) is 41.7 Å². The van der Waals surface area contributed by atoms with Crippen molar-refractivity contribution in [2.45, 2.75) is 5.41 Å². The number of nitrogens with zero attached hydrogens (tertiary/aromatic N) is 2. The van der Waals surface area contributed by atoms with Gasteiger partial charge in [-0.15, -0.1) is 11.3 Å². The first kappa shape index (κ1) is 38.0. The summed E-state index contributed by atoms with van der Waals surface area (Å²) in [5.74, 6) is 0. The standard InChI is InChI=1S/C62H38N2OS/c63-39-40-15-13-16-41(35-40)47-24-14-26-56(61(47)42-29-32-52-51-23-9-12-28-59(51)66-60(52)36-42)64(46-30-33-50-49-22-8-11-27-57(49)65-58(50)38-46)45-31-34-55-53(37-45)48-21-7-10-25-54(48)62(55,43-17-3-1-4-18-43)44-19-5-2-6-20-44/h1-38H. The Bertz CT molecular complexity index is 3870. The van der Waals surface area contributed by atoms with Crippen molar-refractivity contribution in [3.8, 4) is 39.4 Å². The summed E-state index contributed by atoms with van der Waals surface area (Å²) in [5, 5.41) is 14.8. The van der Waals surface area contributed by atoms with Crippen LogP contribution in [0.3, 0.4) is 0 Å². The van der Waals surface area contributed by atoms with Crippen LogP contribution < -0.4 is 4.90 Å². The Morgan fingerprint density at radius 2 is 1.06 bits per heavy atom. The molecule has 2 aromatic heterocycles. The van der Waals surface area contributed by atoms with E-state index in [1.54, 1.807) is 0 Å². The summed E-state index contributed by atoms with van der Waals surface area (Å²) in [7, 11) is 0. The SMILES string of the molecule is N#Cc1cccc(-c2cccc(N(c3ccc4c(c3)-c3ccccc3C4(c3ccccc3)c3ccccc3)c3ccc4c(c3)oc3ccccc34)c2-c2ccc3c(c2)sc2ccccc23)c1.